The molecule has 2 heterocycles. The normalized spacial score (nSPS) is 17.7. The van der Waals surface area contributed by atoms with Gasteiger partial charge in [-0.05, 0) is 35.9 Å². The van der Waals surface area contributed by atoms with Crippen LogP contribution in [0.5, 0.6) is 11.5 Å². The highest BCUT2D eigenvalue weighted by Gasteiger charge is 2.31. The Balaban J connectivity index is 1.19. The molecule has 2 aromatic rings. The van der Waals surface area contributed by atoms with Crippen LogP contribution in [0.25, 0.3) is 0 Å². The highest BCUT2D eigenvalue weighted by atomic mass is 19.4. The summed E-state index contributed by atoms with van der Waals surface area (Å²) in [6, 6.07) is 11.0. The van der Waals surface area contributed by atoms with E-state index in [1.165, 1.54) is 12.1 Å². The van der Waals surface area contributed by atoms with Gasteiger partial charge in [0.05, 0.1) is 24.9 Å². The molecule has 0 spiro atoms. The second-order valence-electron chi connectivity index (χ2n) is 7.69. The molecule has 168 valence electrons. The summed E-state index contributed by atoms with van der Waals surface area (Å²) in [5.74, 6) is 1.41. The van der Waals surface area contributed by atoms with Crippen molar-refractivity contribution in [1.29, 1.82) is 0 Å². The van der Waals surface area contributed by atoms with E-state index in [0.717, 1.165) is 11.6 Å². The highest BCUT2D eigenvalue weighted by molar-refractivity contribution is 5.49. The van der Waals surface area contributed by atoms with E-state index in [-0.39, 0.29) is 13.4 Å². The predicted molar refractivity (Wildman–Crippen MR) is 108 cm³/mol. The summed E-state index contributed by atoms with van der Waals surface area (Å²) in [5, 5.41) is 10.3. The number of benzene rings is 2. The van der Waals surface area contributed by atoms with Gasteiger partial charge in [-0.3, -0.25) is 4.90 Å². The SMILES string of the molecule is OC(COCc1ccc2c(c1)OCO2)CN1CCN(c2cccc(C(F)(F)F)c2)CC1. The van der Waals surface area contributed by atoms with Crippen LogP contribution in [0.2, 0.25) is 0 Å². The minimum Gasteiger partial charge on any atom is -0.454 e. The number of fused-ring (bicyclic) bond motifs is 1. The fraction of sp³-hybridized carbons (Fsp3) is 0.455. The molecule has 4 rings (SSSR count). The predicted octanol–water partition coefficient (Wildman–Crippen LogP) is 3.13. The minimum atomic E-state index is -4.34. The van der Waals surface area contributed by atoms with E-state index in [2.05, 4.69) is 4.90 Å². The van der Waals surface area contributed by atoms with Crippen LogP contribution >= 0.6 is 0 Å². The lowest BCUT2D eigenvalue weighted by molar-refractivity contribution is -0.137. The summed E-state index contributed by atoms with van der Waals surface area (Å²) in [6.07, 6.45) is -4.99. The number of alkyl halides is 3. The van der Waals surface area contributed by atoms with Crippen molar-refractivity contribution in [1.82, 2.24) is 4.90 Å². The first-order chi connectivity index (χ1) is 14.9. The third-order valence-corrected chi connectivity index (χ3v) is 5.40. The van der Waals surface area contributed by atoms with Crippen molar-refractivity contribution in [2.45, 2.75) is 18.9 Å². The molecule has 0 amide bonds. The van der Waals surface area contributed by atoms with Gasteiger partial charge in [-0.1, -0.05) is 12.1 Å². The first kappa shape index (κ1) is 21.7. The van der Waals surface area contributed by atoms with Crippen molar-refractivity contribution in [3.05, 3.63) is 53.6 Å². The number of piperazine rings is 1. The van der Waals surface area contributed by atoms with Gasteiger partial charge in [0.1, 0.15) is 0 Å². The molecule has 1 unspecified atom stereocenters. The number of rotatable bonds is 7. The van der Waals surface area contributed by atoms with Gasteiger partial charge in [-0.15, -0.1) is 0 Å². The van der Waals surface area contributed by atoms with Crippen molar-refractivity contribution in [3.63, 3.8) is 0 Å². The van der Waals surface area contributed by atoms with Crippen LogP contribution in [-0.4, -0.2) is 62.2 Å². The Morgan fingerprint density at radius 3 is 2.55 bits per heavy atom. The number of hydrogen-bond acceptors (Lipinski definition) is 6. The molecule has 0 saturated carbocycles. The molecule has 2 aliphatic heterocycles. The molecule has 6 nitrogen and oxygen atoms in total. The number of aliphatic hydroxyl groups excluding tert-OH is 1. The van der Waals surface area contributed by atoms with E-state index >= 15 is 0 Å². The van der Waals surface area contributed by atoms with Crippen molar-refractivity contribution >= 4 is 5.69 Å². The average molecular weight is 438 g/mol. The fourth-order valence-corrected chi connectivity index (χ4v) is 3.76. The zero-order chi connectivity index (χ0) is 21.8. The summed E-state index contributed by atoms with van der Waals surface area (Å²) in [6.45, 7) is 3.76. The third kappa shape index (κ3) is 5.61. The minimum absolute atomic E-state index is 0.197. The van der Waals surface area contributed by atoms with Gasteiger partial charge in [0.2, 0.25) is 6.79 Å². The van der Waals surface area contributed by atoms with Gasteiger partial charge in [0.25, 0.3) is 0 Å². The standard InChI is InChI=1S/C22H25F3N2O4/c23-22(24,25)17-2-1-3-18(11-17)27-8-6-26(7-9-27)12-19(28)14-29-13-16-4-5-20-21(10-16)31-15-30-20/h1-5,10-11,19,28H,6-9,12-15H2. The van der Waals surface area contributed by atoms with Crippen LogP contribution in [0.4, 0.5) is 18.9 Å². The Morgan fingerprint density at radius 1 is 1.00 bits per heavy atom. The maximum absolute atomic E-state index is 12.9. The van der Waals surface area contributed by atoms with Gasteiger partial charge in [0.15, 0.2) is 11.5 Å². The van der Waals surface area contributed by atoms with Crippen LogP contribution in [0.1, 0.15) is 11.1 Å². The van der Waals surface area contributed by atoms with Crippen molar-refractivity contribution in [2.24, 2.45) is 0 Å². The maximum atomic E-state index is 12.9. The topological polar surface area (TPSA) is 54.4 Å². The number of anilines is 1. The van der Waals surface area contributed by atoms with E-state index in [1.807, 2.05) is 23.1 Å². The number of hydrogen-bond donors (Lipinski definition) is 1. The summed E-state index contributed by atoms with van der Waals surface area (Å²) >= 11 is 0. The van der Waals surface area contributed by atoms with Crippen LogP contribution in [0, 0.1) is 0 Å². The van der Waals surface area contributed by atoms with Crippen LogP contribution in [0.3, 0.4) is 0 Å². The van der Waals surface area contributed by atoms with Gasteiger partial charge in [-0.2, -0.15) is 13.2 Å². The number of aliphatic hydroxyl groups is 1. The lowest BCUT2D eigenvalue weighted by atomic mass is 10.1. The Morgan fingerprint density at radius 2 is 1.77 bits per heavy atom. The third-order valence-electron chi connectivity index (χ3n) is 5.40. The van der Waals surface area contributed by atoms with E-state index < -0.39 is 17.8 Å². The molecule has 2 aromatic carbocycles. The molecule has 1 atom stereocenters. The van der Waals surface area contributed by atoms with E-state index in [9.17, 15) is 18.3 Å². The summed E-state index contributed by atoms with van der Waals surface area (Å²) in [5.41, 5.74) is 0.871. The Labute approximate surface area is 178 Å². The molecule has 0 aliphatic carbocycles. The monoisotopic (exact) mass is 438 g/mol. The molecule has 1 saturated heterocycles. The molecular weight excluding hydrogens is 413 g/mol. The van der Waals surface area contributed by atoms with E-state index in [4.69, 9.17) is 14.2 Å². The Kier molecular flexibility index (Phi) is 6.54. The van der Waals surface area contributed by atoms with Crippen LogP contribution < -0.4 is 14.4 Å². The van der Waals surface area contributed by atoms with Crippen LogP contribution in [-0.2, 0) is 17.5 Å². The van der Waals surface area contributed by atoms with E-state index in [0.29, 0.717) is 56.5 Å². The zero-order valence-electron chi connectivity index (χ0n) is 17.0. The summed E-state index contributed by atoms with van der Waals surface area (Å²) in [4.78, 5) is 4.03. The Bertz CT molecular complexity index is 885. The Hall–Kier alpha value is -2.49. The fourth-order valence-electron chi connectivity index (χ4n) is 3.76. The maximum Gasteiger partial charge on any atom is 0.416 e. The smallest absolute Gasteiger partial charge is 0.416 e. The number of β-amino-alcohol motifs (C(OH)–C–C–N with tert-alkyl or cyclic N) is 1. The van der Waals surface area contributed by atoms with Gasteiger partial charge < -0.3 is 24.2 Å². The van der Waals surface area contributed by atoms with Gasteiger partial charge in [-0.25, -0.2) is 0 Å². The lowest BCUT2D eigenvalue weighted by Crippen LogP contribution is -2.49. The van der Waals surface area contributed by atoms with E-state index in [1.54, 1.807) is 6.07 Å². The molecule has 0 bridgehead atoms. The molecule has 1 fully saturated rings. The number of nitrogens with zero attached hydrogens (tertiary/aromatic N) is 2. The largest absolute Gasteiger partial charge is 0.454 e. The van der Waals surface area contributed by atoms with Crippen molar-refractivity contribution < 1.29 is 32.5 Å². The molecule has 2 aliphatic rings. The number of halogens is 3. The second-order valence-corrected chi connectivity index (χ2v) is 7.69. The average Bonchev–Trinajstić information content (AvgIpc) is 3.22. The summed E-state index contributed by atoms with van der Waals surface area (Å²) in [7, 11) is 0. The lowest BCUT2D eigenvalue weighted by Gasteiger charge is -2.37. The van der Waals surface area contributed by atoms with Gasteiger partial charge in [0, 0.05) is 38.4 Å². The summed E-state index contributed by atoms with van der Waals surface area (Å²) < 4.78 is 55.0. The highest BCUT2D eigenvalue weighted by Crippen LogP contribution is 2.33. The van der Waals surface area contributed by atoms with Crippen molar-refractivity contribution in [2.75, 3.05) is 51.0 Å². The first-order valence-electron chi connectivity index (χ1n) is 10.2. The molecular formula is C22H25F3N2O4. The second kappa shape index (κ2) is 9.33. The first-order valence-corrected chi connectivity index (χ1v) is 10.2. The molecule has 31 heavy (non-hydrogen) atoms. The molecule has 1 N–H and O–H groups in total. The molecule has 0 radical (unpaired) electrons. The zero-order valence-corrected chi connectivity index (χ0v) is 17.0. The van der Waals surface area contributed by atoms with Crippen molar-refractivity contribution in [3.8, 4) is 11.5 Å². The molecule has 9 heteroatoms. The molecule has 0 aromatic heterocycles. The quantitative estimate of drug-likeness (QED) is 0.717. The van der Waals surface area contributed by atoms with Gasteiger partial charge >= 0.3 is 6.18 Å². The number of ether oxygens (including phenoxy) is 3. The van der Waals surface area contributed by atoms with Crippen LogP contribution in [0.15, 0.2) is 42.5 Å².